The molecule has 0 N–H and O–H groups in total. The molecule has 1 saturated heterocycles. The van der Waals surface area contributed by atoms with Gasteiger partial charge in [0.15, 0.2) is 0 Å². The highest BCUT2D eigenvalue weighted by molar-refractivity contribution is 6.07. The zero-order valence-electron chi connectivity index (χ0n) is 14.4. The van der Waals surface area contributed by atoms with Crippen LogP contribution in [0.4, 0.5) is 0 Å². The minimum absolute atomic E-state index is 0.0321. The Morgan fingerprint density at radius 3 is 2.68 bits per heavy atom. The van der Waals surface area contributed by atoms with E-state index in [2.05, 4.69) is 5.10 Å². The quantitative estimate of drug-likeness (QED) is 0.721. The Labute approximate surface area is 146 Å². The summed E-state index contributed by atoms with van der Waals surface area (Å²) in [5, 5.41) is 5.18. The van der Waals surface area contributed by atoms with Crippen LogP contribution in [0.2, 0.25) is 0 Å². The van der Waals surface area contributed by atoms with Crippen molar-refractivity contribution in [2.24, 2.45) is 7.05 Å². The van der Waals surface area contributed by atoms with Crippen LogP contribution in [-0.4, -0.2) is 51.9 Å². The van der Waals surface area contributed by atoms with Gasteiger partial charge in [0.1, 0.15) is 0 Å². The number of hydrogen-bond acceptors (Lipinski definition) is 4. The van der Waals surface area contributed by atoms with Crippen LogP contribution >= 0.6 is 0 Å². The molecule has 1 aliphatic rings. The van der Waals surface area contributed by atoms with Crippen LogP contribution in [0.25, 0.3) is 22.2 Å². The second-order valence-corrected chi connectivity index (χ2v) is 6.24. The lowest BCUT2D eigenvalue weighted by molar-refractivity contribution is 0.0304. The highest BCUT2D eigenvalue weighted by Gasteiger charge is 2.22. The normalized spacial score (nSPS) is 14.9. The van der Waals surface area contributed by atoms with Crippen LogP contribution in [0.1, 0.15) is 16.1 Å². The van der Waals surface area contributed by atoms with Gasteiger partial charge in [-0.25, -0.2) is 4.98 Å². The molecule has 0 saturated carbocycles. The molecule has 128 valence electrons. The van der Waals surface area contributed by atoms with Gasteiger partial charge in [0.25, 0.3) is 5.91 Å². The van der Waals surface area contributed by atoms with E-state index in [1.165, 1.54) is 0 Å². The number of aromatic nitrogens is 3. The standard InChI is InChI=1S/C19H20N4O2/c1-13-16(12-20-22(13)2)18-11-15(14-5-3-4-6-17(14)21-18)19(24)23-7-9-25-10-8-23/h3-6,11-12H,7-10H2,1-2H3. The highest BCUT2D eigenvalue weighted by atomic mass is 16.5. The topological polar surface area (TPSA) is 60.3 Å². The van der Waals surface area contributed by atoms with Crippen molar-refractivity contribution in [3.63, 3.8) is 0 Å². The molecule has 3 heterocycles. The molecule has 6 nitrogen and oxygen atoms in total. The first-order valence-electron chi connectivity index (χ1n) is 8.41. The maximum Gasteiger partial charge on any atom is 0.254 e. The van der Waals surface area contributed by atoms with Crippen LogP contribution in [0.3, 0.4) is 0 Å². The number of benzene rings is 1. The van der Waals surface area contributed by atoms with Gasteiger partial charge in [-0.2, -0.15) is 5.10 Å². The number of pyridine rings is 1. The molecule has 1 aromatic carbocycles. The monoisotopic (exact) mass is 336 g/mol. The number of rotatable bonds is 2. The van der Waals surface area contributed by atoms with Gasteiger partial charge < -0.3 is 9.64 Å². The molecule has 1 fully saturated rings. The summed E-state index contributed by atoms with van der Waals surface area (Å²) in [5.74, 6) is 0.0321. The molecule has 4 rings (SSSR count). The lowest BCUT2D eigenvalue weighted by Crippen LogP contribution is -2.40. The van der Waals surface area contributed by atoms with E-state index in [1.54, 1.807) is 6.20 Å². The number of hydrogen-bond donors (Lipinski definition) is 0. The average molecular weight is 336 g/mol. The molecule has 0 spiro atoms. The number of carbonyl (C=O) groups excluding carboxylic acids is 1. The van der Waals surface area contributed by atoms with Crippen LogP contribution in [0.15, 0.2) is 36.5 Å². The number of ether oxygens (including phenoxy) is 1. The van der Waals surface area contributed by atoms with Gasteiger partial charge in [-0.15, -0.1) is 0 Å². The predicted octanol–water partition coefficient (Wildman–Crippen LogP) is 2.42. The third-order valence-corrected chi connectivity index (χ3v) is 4.76. The van der Waals surface area contributed by atoms with Crippen LogP contribution in [0.5, 0.6) is 0 Å². The summed E-state index contributed by atoms with van der Waals surface area (Å²) in [4.78, 5) is 19.7. The third-order valence-electron chi connectivity index (χ3n) is 4.76. The number of morpholine rings is 1. The Morgan fingerprint density at radius 2 is 1.96 bits per heavy atom. The Balaban J connectivity index is 1.87. The molecule has 3 aromatic rings. The van der Waals surface area contributed by atoms with E-state index in [4.69, 9.17) is 9.72 Å². The molecular formula is C19H20N4O2. The minimum Gasteiger partial charge on any atom is -0.378 e. The Bertz CT molecular complexity index is 942. The maximum absolute atomic E-state index is 13.1. The van der Waals surface area contributed by atoms with Crippen LogP contribution < -0.4 is 0 Å². The Morgan fingerprint density at radius 1 is 1.20 bits per heavy atom. The molecule has 0 bridgehead atoms. The van der Waals surface area contributed by atoms with Gasteiger partial charge in [0, 0.05) is 36.8 Å². The number of para-hydroxylation sites is 1. The molecule has 1 amide bonds. The van der Waals surface area contributed by atoms with Crippen molar-refractivity contribution in [1.82, 2.24) is 19.7 Å². The van der Waals surface area contributed by atoms with Crippen molar-refractivity contribution in [3.8, 4) is 11.3 Å². The minimum atomic E-state index is 0.0321. The van der Waals surface area contributed by atoms with Crippen molar-refractivity contribution in [2.75, 3.05) is 26.3 Å². The lowest BCUT2D eigenvalue weighted by atomic mass is 10.0. The van der Waals surface area contributed by atoms with Crippen molar-refractivity contribution < 1.29 is 9.53 Å². The van der Waals surface area contributed by atoms with E-state index < -0.39 is 0 Å². The third kappa shape index (κ3) is 2.78. The lowest BCUT2D eigenvalue weighted by Gasteiger charge is -2.27. The number of carbonyl (C=O) groups is 1. The van der Waals surface area contributed by atoms with Crippen LogP contribution in [-0.2, 0) is 11.8 Å². The molecule has 0 aliphatic carbocycles. The van der Waals surface area contributed by atoms with Crippen molar-refractivity contribution >= 4 is 16.8 Å². The Kier molecular flexibility index (Phi) is 3.97. The van der Waals surface area contributed by atoms with E-state index in [-0.39, 0.29) is 5.91 Å². The van der Waals surface area contributed by atoms with E-state index in [9.17, 15) is 4.79 Å². The van der Waals surface area contributed by atoms with E-state index >= 15 is 0 Å². The molecular weight excluding hydrogens is 316 g/mol. The first-order valence-corrected chi connectivity index (χ1v) is 8.41. The smallest absolute Gasteiger partial charge is 0.254 e. The largest absolute Gasteiger partial charge is 0.378 e. The summed E-state index contributed by atoms with van der Waals surface area (Å²) in [5.41, 5.74) is 4.25. The molecule has 0 radical (unpaired) electrons. The highest BCUT2D eigenvalue weighted by Crippen LogP contribution is 2.27. The van der Waals surface area contributed by atoms with Crippen molar-refractivity contribution in [3.05, 3.63) is 47.8 Å². The molecule has 25 heavy (non-hydrogen) atoms. The molecule has 1 aliphatic heterocycles. The first-order chi connectivity index (χ1) is 12.1. The predicted molar refractivity (Wildman–Crippen MR) is 95.4 cm³/mol. The van der Waals surface area contributed by atoms with Gasteiger partial charge in [0.05, 0.1) is 36.2 Å². The SMILES string of the molecule is Cc1c(-c2cc(C(=O)N3CCOCC3)c3ccccc3n2)cnn1C. The summed E-state index contributed by atoms with van der Waals surface area (Å²) in [7, 11) is 1.90. The van der Waals surface area contributed by atoms with Crippen molar-refractivity contribution in [2.45, 2.75) is 6.92 Å². The number of fused-ring (bicyclic) bond motifs is 1. The molecule has 0 atom stereocenters. The van der Waals surface area contributed by atoms with Gasteiger partial charge in [0.2, 0.25) is 0 Å². The maximum atomic E-state index is 13.1. The second-order valence-electron chi connectivity index (χ2n) is 6.24. The summed E-state index contributed by atoms with van der Waals surface area (Å²) >= 11 is 0. The number of aryl methyl sites for hydroxylation is 1. The van der Waals surface area contributed by atoms with E-state index in [0.29, 0.717) is 31.9 Å². The van der Waals surface area contributed by atoms with Crippen LogP contribution in [0, 0.1) is 6.92 Å². The van der Waals surface area contributed by atoms with Gasteiger partial charge in [-0.3, -0.25) is 9.48 Å². The van der Waals surface area contributed by atoms with E-state index in [0.717, 1.165) is 27.9 Å². The molecule has 2 aromatic heterocycles. The number of amides is 1. The Hall–Kier alpha value is -2.73. The fourth-order valence-electron chi connectivity index (χ4n) is 3.18. The molecule has 0 unspecified atom stereocenters. The summed E-state index contributed by atoms with van der Waals surface area (Å²) in [6.45, 7) is 4.42. The van der Waals surface area contributed by atoms with Gasteiger partial charge in [-0.05, 0) is 19.1 Å². The number of nitrogens with zero attached hydrogens (tertiary/aromatic N) is 4. The first kappa shape index (κ1) is 15.8. The fourth-order valence-corrected chi connectivity index (χ4v) is 3.18. The fraction of sp³-hybridized carbons (Fsp3) is 0.316. The van der Waals surface area contributed by atoms with Gasteiger partial charge in [-0.1, -0.05) is 18.2 Å². The second kappa shape index (κ2) is 6.29. The van der Waals surface area contributed by atoms with Crippen molar-refractivity contribution in [1.29, 1.82) is 0 Å². The molecule has 6 heteroatoms. The summed E-state index contributed by atoms with van der Waals surface area (Å²) in [6, 6.07) is 9.67. The van der Waals surface area contributed by atoms with E-state index in [1.807, 2.05) is 53.9 Å². The summed E-state index contributed by atoms with van der Waals surface area (Å²) in [6.07, 6.45) is 1.80. The zero-order valence-corrected chi connectivity index (χ0v) is 14.4. The van der Waals surface area contributed by atoms with Gasteiger partial charge >= 0.3 is 0 Å². The average Bonchev–Trinajstić information content (AvgIpc) is 3.00. The zero-order chi connectivity index (χ0) is 17.4. The summed E-state index contributed by atoms with van der Waals surface area (Å²) < 4.78 is 7.18.